The molecule has 3 atom stereocenters. The van der Waals surface area contributed by atoms with Crippen LogP contribution in [0.2, 0.25) is 0 Å². The van der Waals surface area contributed by atoms with E-state index in [-0.39, 0.29) is 0 Å². The number of urea groups is 1. The zero-order chi connectivity index (χ0) is 18.8. The van der Waals surface area contributed by atoms with Crippen molar-refractivity contribution in [1.82, 2.24) is 10.6 Å². The first-order chi connectivity index (χ1) is 11.9. The van der Waals surface area contributed by atoms with E-state index in [1.54, 1.807) is 31.2 Å². The summed E-state index contributed by atoms with van der Waals surface area (Å²) in [6.07, 6.45) is 1.04. The molecule has 0 bridgehead atoms. The molecule has 0 saturated carbocycles. The molecule has 5 N–H and O–H groups in total. The highest BCUT2D eigenvalue weighted by molar-refractivity contribution is 9.10. The molecule has 2 unspecified atom stereocenters. The summed E-state index contributed by atoms with van der Waals surface area (Å²) in [4.78, 5) is 33.6. The van der Waals surface area contributed by atoms with Gasteiger partial charge in [-0.15, -0.1) is 0 Å². The van der Waals surface area contributed by atoms with Gasteiger partial charge in [0, 0.05) is 17.1 Å². The molecule has 25 heavy (non-hydrogen) atoms. The van der Waals surface area contributed by atoms with Gasteiger partial charge in [-0.25, -0.2) is 10.1 Å². The van der Waals surface area contributed by atoms with Gasteiger partial charge in [0.05, 0.1) is 0 Å². The number of amides is 3. The van der Waals surface area contributed by atoms with Crippen molar-refractivity contribution in [1.29, 1.82) is 0 Å². The van der Waals surface area contributed by atoms with Crippen molar-refractivity contribution < 1.29 is 23.8 Å². The van der Waals surface area contributed by atoms with Crippen molar-refractivity contribution in [2.45, 2.75) is 38.7 Å². The van der Waals surface area contributed by atoms with Gasteiger partial charge < -0.3 is 15.4 Å². The van der Waals surface area contributed by atoms with Gasteiger partial charge in [0.25, 0.3) is 5.91 Å². The maximum Gasteiger partial charge on any atom is 0.620 e. The topological polar surface area (TPSA) is 120 Å². The number of hydrogen-bond acceptors (Lipinski definition) is 3. The number of benzene rings is 1. The predicted molar refractivity (Wildman–Crippen MR) is 99.5 cm³/mol. The Hall–Kier alpha value is -1.54. The monoisotopic (exact) mass is 435 g/mol. The van der Waals surface area contributed by atoms with Crippen LogP contribution >= 0.6 is 24.0 Å². The Morgan fingerprint density at radius 3 is 2.40 bits per heavy atom. The maximum atomic E-state index is 12.3. The van der Waals surface area contributed by atoms with Crippen LogP contribution in [0.15, 0.2) is 28.7 Å². The molecule has 1 rings (SSSR count). The molecule has 0 radical (unpaired) electrons. The Bertz CT molecular complexity index is 599. The zero-order valence-corrected chi connectivity index (χ0v) is 16.5. The van der Waals surface area contributed by atoms with Crippen LogP contribution in [0.1, 0.15) is 26.7 Å². The number of carbonyl (C=O) groups is 2. The van der Waals surface area contributed by atoms with Gasteiger partial charge in [0.1, 0.15) is 12.6 Å². The number of rotatable bonds is 9. The van der Waals surface area contributed by atoms with Crippen LogP contribution in [-0.2, 0) is 9.36 Å². The largest absolute Gasteiger partial charge is 0.620 e. The molecule has 1 aromatic rings. The minimum Gasteiger partial charge on any atom is -0.374 e. The number of anilines is 1. The van der Waals surface area contributed by atoms with Crippen molar-refractivity contribution in [3.8, 4) is 0 Å². The molecule has 1 aromatic carbocycles. The molecule has 0 aliphatic rings. The van der Waals surface area contributed by atoms with E-state index in [1.165, 1.54) is 0 Å². The van der Waals surface area contributed by atoms with Gasteiger partial charge in [-0.1, -0.05) is 29.3 Å². The third kappa shape index (κ3) is 7.92. The molecular weight excluding hydrogens is 413 g/mol. The molecule has 0 fully saturated rings. The molecule has 8 nitrogen and oxygen atoms in total. The van der Waals surface area contributed by atoms with Gasteiger partial charge in [-0.05, 0) is 35.3 Å². The van der Waals surface area contributed by atoms with E-state index in [4.69, 9.17) is 0 Å². The number of ether oxygens (including phenoxy) is 1. The predicted octanol–water partition coefficient (Wildman–Crippen LogP) is 2.42. The van der Waals surface area contributed by atoms with Gasteiger partial charge in [0.2, 0.25) is 0 Å². The summed E-state index contributed by atoms with van der Waals surface area (Å²) in [5.74, 6) is -1.73. The Morgan fingerprint density at radius 2 is 1.88 bits per heavy atom. The number of nitrogens with one attached hydrogen (secondary N) is 3. The molecule has 0 spiro atoms. The molecular formula is C15H23BrN3O5P+2. The minimum atomic E-state index is -2.68. The lowest BCUT2D eigenvalue weighted by atomic mass is 10.1. The third-order valence-electron chi connectivity index (χ3n) is 3.14. The van der Waals surface area contributed by atoms with Crippen molar-refractivity contribution >= 4 is 41.6 Å². The fraction of sp³-hybridized carbons (Fsp3) is 0.467. The number of halogens is 1. The number of aliphatic hydroxyl groups is 2. The fourth-order valence-electron chi connectivity index (χ4n) is 1.99. The molecule has 0 heterocycles. The van der Waals surface area contributed by atoms with Crippen LogP contribution < -0.4 is 16.0 Å². The standard InChI is InChI=1S/C15H21BrN3O5P/c1-3-5-12(13(20)19-15(24-4-2)25(22)23)18-14(21)17-11-8-6-10(16)7-9-11/h6-9,12,15H,3-5H2,1-2H3,(H3-,17,18,19,20,21,22,23)/p+2/t12-,15?/m0/s1. The lowest BCUT2D eigenvalue weighted by molar-refractivity contribution is -0.132. The van der Waals surface area contributed by atoms with Gasteiger partial charge in [-0.2, -0.15) is 4.89 Å². The normalized spacial score (nSPS) is 13.5. The summed E-state index contributed by atoms with van der Waals surface area (Å²) < 4.78 is 16.0. The third-order valence-corrected chi connectivity index (χ3v) is 4.38. The second-order valence-corrected chi connectivity index (χ2v) is 7.14. The molecule has 138 valence electrons. The summed E-state index contributed by atoms with van der Waals surface area (Å²) >= 11 is 3.30. The summed E-state index contributed by atoms with van der Waals surface area (Å²) in [5.41, 5.74) is 0.577. The van der Waals surface area contributed by atoms with E-state index >= 15 is 0 Å². The van der Waals surface area contributed by atoms with Crippen LogP contribution in [0, 0.1) is 0 Å². The molecule has 3 amide bonds. The average molecular weight is 436 g/mol. The fourth-order valence-corrected chi connectivity index (χ4v) is 2.79. The Labute approximate surface area is 155 Å². The summed E-state index contributed by atoms with van der Waals surface area (Å²) in [6.45, 7) is 3.86. The van der Waals surface area contributed by atoms with Crippen LogP contribution in [0.3, 0.4) is 0 Å². The van der Waals surface area contributed by atoms with Gasteiger partial charge in [0.15, 0.2) is 0 Å². The van der Waals surface area contributed by atoms with Crippen molar-refractivity contribution in [2.24, 2.45) is 0 Å². The Kier molecular flexibility index (Phi) is 9.59. The van der Waals surface area contributed by atoms with Crippen LogP contribution in [0.5, 0.6) is 0 Å². The quantitative estimate of drug-likeness (QED) is 0.270. The van der Waals surface area contributed by atoms with Crippen LogP contribution in [-0.4, -0.2) is 40.2 Å². The maximum absolute atomic E-state index is 12.3. The molecule has 0 saturated heterocycles. The van der Waals surface area contributed by atoms with Gasteiger partial charge in [-0.3, -0.25) is 4.79 Å². The first kappa shape index (κ1) is 21.5. The SMILES string of the molecule is CCC[C@H](NC(=O)Nc1ccc(Br)cc1)C(=O)NC([OH+]CC)[P+](=O)O. The molecule has 0 aliphatic heterocycles. The van der Waals surface area contributed by atoms with E-state index in [9.17, 15) is 19.0 Å². The molecule has 0 aliphatic carbocycles. The molecule has 10 heteroatoms. The smallest absolute Gasteiger partial charge is 0.374 e. The highest BCUT2D eigenvalue weighted by atomic mass is 79.9. The summed E-state index contributed by atoms with van der Waals surface area (Å²) in [6, 6.07) is 5.62. The average Bonchev–Trinajstić information content (AvgIpc) is 2.56. The highest BCUT2D eigenvalue weighted by Crippen LogP contribution is 2.19. The molecule has 0 aromatic heterocycles. The lowest BCUT2D eigenvalue weighted by Gasteiger charge is -2.18. The van der Waals surface area contributed by atoms with Crippen LogP contribution in [0.25, 0.3) is 0 Å². The highest BCUT2D eigenvalue weighted by Gasteiger charge is 2.38. The first-order valence-electron chi connectivity index (χ1n) is 7.82. The van der Waals surface area contributed by atoms with Crippen molar-refractivity contribution in [3.63, 3.8) is 0 Å². The van der Waals surface area contributed by atoms with Crippen LogP contribution in [0.4, 0.5) is 10.5 Å². The van der Waals surface area contributed by atoms with E-state index in [0.29, 0.717) is 25.1 Å². The number of carbonyl (C=O) groups excluding carboxylic acids is 2. The second kappa shape index (κ2) is 11.1. The number of hydrogen-bond donors (Lipinski definition) is 4. The van der Waals surface area contributed by atoms with Crippen molar-refractivity contribution in [2.75, 3.05) is 11.9 Å². The summed E-state index contributed by atoms with van der Waals surface area (Å²) in [7, 11) is -2.68. The first-order valence-corrected chi connectivity index (χ1v) is 9.90. The Morgan fingerprint density at radius 1 is 1.24 bits per heavy atom. The van der Waals surface area contributed by atoms with Crippen molar-refractivity contribution in [3.05, 3.63) is 28.7 Å². The minimum absolute atomic E-state index is 0.294. The zero-order valence-electron chi connectivity index (χ0n) is 14.0. The second-order valence-electron chi connectivity index (χ2n) is 5.13. The summed E-state index contributed by atoms with van der Waals surface area (Å²) in [5, 5.41) is 7.60. The van der Waals surface area contributed by atoms with Gasteiger partial charge >= 0.3 is 20.0 Å². The van der Waals surface area contributed by atoms with E-state index in [2.05, 4.69) is 36.6 Å². The van der Waals surface area contributed by atoms with E-state index in [0.717, 1.165) is 4.47 Å². The Balaban J connectivity index is 2.67. The van der Waals surface area contributed by atoms with E-state index < -0.39 is 32.0 Å². The van der Waals surface area contributed by atoms with E-state index in [1.807, 2.05) is 6.92 Å². The lowest BCUT2D eigenvalue weighted by Crippen LogP contribution is -2.51.